The molecular formula is C27H38FNO3. The number of aryl methyl sites for hydroxylation is 1. The van der Waals surface area contributed by atoms with Gasteiger partial charge in [0.2, 0.25) is 0 Å². The van der Waals surface area contributed by atoms with E-state index in [-0.39, 0.29) is 17.1 Å². The van der Waals surface area contributed by atoms with Crippen molar-refractivity contribution in [3.05, 3.63) is 59.4 Å². The van der Waals surface area contributed by atoms with E-state index in [0.29, 0.717) is 12.1 Å². The van der Waals surface area contributed by atoms with E-state index in [4.69, 9.17) is 9.47 Å². The van der Waals surface area contributed by atoms with Gasteiger partial charge in [0.1, 0.15) is 28.5 Å². The number of hydrogen-bond donors (Lipinski definition) is 1. The average Bonchev–Trinajstić information content (AvgIpc) is 2.74. The Kier molecular flexibility index (Phi) is 9.11. The molecule has 0 spiro atoms. The van der Waals surface area contributed by atoms with E-state index in [0.717, 1.165) is 49.2 Å². The molecule has 0 atom stereocenters. The van der Waals surface area contributed by atoms with E-state index in [9.17, 15) is 9.18 Å². The number of rotatable bonds is 12. The number of benzene rings is 2. The molecule has 0 saturated carbocycles. The van der Waals surface area contributed by atoms with E-state index < -0.39 is 5.82 Å². The van der Waals surface area contributed by atoms with Crippen molar-refractivity contribution in [2.24, 2.45) is 0 Å². The highest BCUT2D eigenvalue weighted by Gasteiger charge is 2.21. The predicted octanol–water partition coefficient (Wildman–Crippen LogP) is 6.71. The van der Waals surface area contributed by atoms with Crippen molar-refractivity contribution in [3.8, 4) is 11.5 Å². The maximum absolute atomic E-state index is 13.3. The van der Waals surface area contributed by atoms with E-state index in [1.807, 2.05) is 12.1 Å². The van der Waals surface area contributed by atoms with Gasteiger partial charge in [-0.1, -0.05) is 26.0 Å². The second kappa shape index (κ2) is 11.3. The zero-order valence-electron chi connectivity index (χ0n) is 20.4. The Morgan fingerprint density at radius 2 is 1.62 bits per heavy atom. The maximum Gasteiger partial charge on any atom is 0.251 e. The molecule has 0 aliphatic heterocycles. The number of ether oxygens (including phenoxy) is 2. The summed E-state index contributed by atoms with van der Waals surface area (Å²) in [7, 11) is 0. The summed E-state index contributed by atoms with van der Waals surface area (Å²) in [6, 6.07) is 11.8. The molecule has 0 radical (unpaired) electrons. The Labute approximate surface area is 192 Å². The Bertz CT molecular complexity index is 892. The molecule has 176 valence electrons. The first-order chi connectivity index (χ1) is 15.0. The third kappa shape index (κ3) is 8.18. The minimum absolute atomic E-state index is 0.237. The fourth-order valence-corrected chi connectivity index (χ4v) is 3.04. The minimum atomic E-state index is -0.407. The first kappa shape index (κ1) is 25.7. The van der Waals surface area contributed by atoms with Crippen LogP contribution in [0.15, 0.2) is 42.5 Å². The molecule has 1 amide bonds. The molecule has 5 heteroatoms. The van der Waals surface area contributed by atoms with E-state index in [1.165, 1.54) is 12.1 Å². The van der Waals surface area contributed by atoms with Gasteiger partial charge in [-0.15, -0.1) is 0 Å². The molecule has 2 aromatic carbocycles. The number of carbonyl (C=O) groups is 1. The number of halogens is 1. The van der Waals surface area contributed by atoms with Gasteiger partial charge in [-0.05, 0) is 89.6 Å². The van der Waals surface area contributed by atoms with Crippen molar-refractivity contribution in [2.75, 3.05) is 6.54 Å². The first-order valence-corrected chi connectivity index (χ1v) is 11.6. The third-order valence-corrected chi connectivity index (χ3v) is 5.77. The molecule has 2 aromatic rings. The summed E-state index contributed by atoms with van der Waals surface area (Å²) >= 11 is 0. The van der Waals surface area contributed by atoms with E-state index in [2.05, 4.69) is 52.9 Å². The second-order valence-electron chi connectivity index (χ2n) is 9.42. The van der Waals surface area contributed by atoms with E-state index in [1.54, 1.807) is 12.1 Å². The number of nitrogens with one attached hydrogen (secondary N) is 1. The smallest absolute Gasteiger partial charge is 0.251 e. The molecule has 32 heavy (non-hydrogen) atoms. The first-order valence-electron chi connectivity index (χ1n) is 11.6. The lowest BCUT2D eigenvalue weighted by atomic mass is 10.0. The van der Waals surface area contributed by atoms with Crippen LogP contribution in [0.1, 0.15) is 83.1 Å². The molecular weight excluding hydrogens is 405 g/mol. The zero-order chi connectivity index (χ0) is 23.8. The Morgan fingerprint density at radius 3 is 2.28 bits per heavy atom. The minimum Gasteiger partial charge on any atom is -0.488 e. The van der Waals surface area contributed by atoms with Gasteiger partial charge in [0.05, 0.1) is 0 Å². The van der Waals surface area contributed by atoms with Gasteiger partial charge in [-0.2, -0.15) is 0 Å². The average molecular weight is 444 g/mol. The molecule has 2 rings (SSSR count). The highest BCUT2D eigenvalue weighted by Crippen LogP contribution is 2.32. The van der Waals surface area contributed by atoms with Gasteiger partial charge in [-0.25, -0.2) is 4.39 Å². The van der Waals surface area contributed by atoms with Crippen molar-refractivity contribution < 1.29 is 18.7 Å². The lowest BCUT2D eigenvalue weighted by Crippen LogP contribution is -2.28. The Morgan fingerprint density at radius 1 is 0.938 bits per heavy atom. The monoisotopic (exact) mass is 443 g/mol. The van der Waals surface area contributed by atoms with Crippen molar-refractivity contribution in [1.82, 2.24) is 5.32 Å². The van der Waals surface area contributed by atoms with Crippen LogP contribution >= 0.6 is 0 Å². The maximum atomic E-state index is 13.3. The molecule has 0 bridgehead atoms. The molecule has 0 fully saturated rings. The van der Waals surface area contributed by atoms with Gasteiger partial charge in [0, 0.05) is 18.2 Å². The molecule has 0 saturated heterocycles. The molecule has 4 nitrogen and oxygen atoms in total. The van der Waals surface area contributed by atoms with Crippen LogP contribution in [-0.2, 0) is 6.42 Å². The van der Waals surface area contributed by atoms with Crippen LogP contribution in [0.2, 0.25) is 0 Å². The van der Waals surface area contributed by atoms with Crippen LogP contribution in [0.3, 0.4) is 0 Å². The predicted molar refractivity (Wildman–Crippen MR) is 128 cm³/mol. The van der Waals surface area contributed by atoms with Crippen LogP contribution in [0, 0.1) is 5.82 Å². The van der Waals surface area contributed by atoms with Gasteiger partial charge in [-0.3, -0.25) is 4.79 Å². The third-order valence-electron chi connectivity index (χ3n) is 5.77. The summed E-state index contributed by atoms with van der Waals surface area (Å²) in [5.41, 5.74) is 0.962. The summed E-state index contributed by atoms with van der Waals surface area (Å²) < 4.78 is 25.8. The number of carbonyl (C=O) groups excluding carboxylic acids is 1. The van der Waals surface area contributed by atoms with Crippen molar-refractivity contribution in [3.63, 3.8) is 0 Å². The van der Waals surface area contributed by atoms with Crippen molar-refractivity contribution >= 4 is 5.91 Å². The van der Waals surface area contributed by atoms with Crippen LogP contribution < -0.4 is 14.8 Å². The van der Waals surface area contributed by atoms with Crippen LogP contribution in [-0.4, -0.2) is 23.7 Å². The fourth-order valence-electron chi connectivity index (χ4n) is 3.04. The number of unbranched alkanes of at least 4 members (excludes halogenated alkanes) is 1. The second-order valence-corrected chi connectivity index (χ2v) is 9.42. The fraction of sp³-hybridized carbons (Fsp3) is 0.519. The topological polar surface area (TPSA) is 47.6 Å². The Balaban J connectivity index is 1.97. The molecule has 0 heterocycles. The number of hydrogen-bond acceptors (Lipinski definition) is 3. The Hall–Kier alpha value is -2.56. The number of amides is 1. The highest BCUT2D eigenvalue weighted by molar-refractivity contribution is 5.94. The standard InChI is InChI=1S/C27H38FNO3/c1-7-26(3,4)31-23-16-15-20(24(19-23)32-27(5,6)8-2)12-9-10-17-29-25(30)21-13-11-14-22(28)18-21/h11,13-16,18-19H,7-10,12,17H2,1-6H3,(H,29,30). The molecule has 0 aromatic heterocycles. The van der Waals surface area contributed by atoms with E-state index >= 15 is 0 Å². The summed E-state index contributed by atoms with van der Waals surface area (Å²) in [6.07, 6.45) is 4.35. The van der Waals surface area contributed by atoms with Gasteiger partial charge >= 0.3 is 0 Å². The van der Waals surface area contributed by atoms with Gasteiger partial charge in [0.25, 0.3) is 5.91 Å². The molecule has 0 aliphatic carbocycles. The van der Waals surface area contributed by atoms with Crippen molar-refractivity contribution in [2.45, 2.75) is 84.8 Å². The summed E-state index contributed by atoms with van der Waals surface area (Å²) in [5.74, 6) is 1.00. The lowest BCUT2D eigenvalue weighted by Gasteiger charge is -2.29. The zero-order valence-corrected chi connectivity index (χ0v) is 20.4. The normalized spacial score (nSPS) is 11.8. The summed E-state index contributed by atoms with van der Waals surface area (Å²) in [6.45, 7) is 13.1. The molecule has 1 N–H and O–H groups in total. The van der Waals surface area contributed by atoms with Crippen LogP contribution in [0.25, 0.3) is 0 Å². The summed E-state index contributed by atoms with van der Waals surface area (Å²) in [5, 5.41) is 2.86. The van der Waals surface area contributed by atoms with Gasteiger partial charge in [0.15, 0.2) is 0 Å². The SMILES string of the molecule is CCC(C)(C)Oc1ccc(CCCCNC(=O)c2cccc(F)c2)c(OC(C)(C)CC)c1. The summed E-state index contributed by atoms with van der Waals surface area (Å²) in [4.78, 5) is 12.1. The molecule has 0 aliphatic rings. The lowest BCUT2D eigenvalue weighted by molar-refractivity contribution is 0.0941. The highest BCUT2D eigenvalue weighted by atomic mass is 19.1. The van der Waals surface area contributed by atoms with Crippen molar-refractivity contribution in [1.29, 1.82) is 0 Å². The molecule has 0 unspecified atom stereocenters. The van der Waals surface area contributed by atoms with Gasteiger partial charge < -0.3 is 14.8 Å². The van der Waals surface area contributed by atoms with Crippen LogP contribution in [0.4, 0.5) is 4.39 Å². The quantitative estimate of drug-likeness (QED) is 0.371. The van der Waals surface area contributed by atoms with Crippen LogP contribution in [0.5, 0.6) is 11.5 Å². The largest absolute Gasteiger partial charge is 0.488 e.